The Kier molecular flexibility index (Phi) is 4.85. The maximum absolute atomic E-state index is 13.0. The summed E-state index contributed by atoms with van der Waals surface area (Å²) in [7, 11) is -3.76. The van der Waals surface area contributed by atoms with Crippen molar-refractivity contribution >= 4 is 16.2 Å². The van der Waals surface area contributed by atoms with Crippen LogP contribution >= 0.6 is 0 Å². The summed E-state index contributed by atoms with van der Waals surface area (Å²) in [6.07, 6.45) is 2.85. The van der Waals surface area contributed by atoms with E-state index in [2.05, 4.69) is 20.1 Å². The van der Waals surface area contributed by atoms with Crippen LogP contribution in [-0.2, 0) is 10.0 Å². The van der Waals surface area contributed by atoms with Gasteiger partial charge in [0.25, 0.3) is 10.0 Å². The minimum Gasteiger partial charge on any atom is -0.277 e. The molecule has 2 N–H and O–H groups in total. The minimum atomic E-state index is -3.76. The number of aryl methyl sites for hydroxylation is 2. The fourth-order valence-electron chi connectivity index (χ4n) is 2.34. The van der Waals surface area contributed by atoms with E-state index in [9.17, 15) is 12.8 Å². The SMILES string of the molecule is Cc1ccc(S(=O)(=O)NN=Cc2cn[nH]c2-c2ccc(F)cc2)cc1C. The summed E-state index contributed by atoms with van der Waals surface area (Å²) in [5.41, 5.74) is 3.78. The molecule has 0 aliphatic rings. The van der Waals surface area contributed by atoms with Crippen LogP contribution in [0.25, 0.3) is 11.3 Å². The average molecular weight is 372 g/mol. The van der Waals surface area contributed by atoms with Gasteiger partial charge in [-0.25, -0.2) is 9.22 Å². The van der Waals surface area contributed by atoms with Gasteiger partial charge in [-0.15, -0.1) is 0 Å². The van der Waals surface area contributed by atoms with E-state index in [1.807, 2.05) is 13.8 Å². The second kappa shape index (κ2) is 7.09. The molecule has 0 atom stereocenters. The van der Waals surface area contributed by atoms with Crippen LogP contribution in [0.1, 0.15) is 16.7 Å². The van der Waals surface area contributed by atoms with E-state index in [1.54, 1.807) is 24.3 Å². The number of hydrazone groups is 1. The Morgan fingerprint density at radius 1 is 1.12 bits per heavy atom. The van der Waals surface area contributed by atoms with Crippen LogP contribution in [0.4, 0.5) is 4.39 Å². The molecule has 0 radical (unpaired) electrons. The van der Waals surface area contributed by atoms with Gasteiger partial charge in [0.2, 0.25) is 0 Å². The smallest absolute Gasteiger partial charge is 0.276 e. The fourth-order valence-corrected chi connectivity index (χ4v) is 3.22. The average Bonchev–Trinajstić information content (AvgIpc) is 3.06. The number of benzene rings is 2. The first-order valence-electron chi connectivity index (χ1n) is 7.78. The van der Waals surface area contributed by atoms with Crippen LogP contribution in [0.15, 0.2) is 58.7 Å². The van der Waals surface area contributed by atoms with Crippen molar-refractivity contribution in [1.29, 1.82) is 0 Å². The number of aromatic amines is 1. The Morgan fingerprint density at radius 3 is 2.54 bits per heavy atom. The molecule has 134 valence electrons. The molecule has 3 aromatic rings. The second-order valence-electron chi connectivity index (χ2n) is 5.81. The van der Waals surface area contributed by atoms with Gasteiger partial charge in [0.15, 0.2) is 0 Å². The Labute approximate surface area is 150 Å². The maximum Gasteiger partial charge on any atom is 0.276 e. The molecule has 0 aliphatic carbocycles. The van der Waals surface area contributed by atoms with Crippen LogP contribution in [-0.4, -0.2) is 24.8 Å². The van der Waals surface area contributed by atoms with Crippen molar-refractivity contribution in [2.45, 2.75) is 18.7 Å². The first-order chi connectivity index (χ1) is 12.4. The molecule has 0 spiro atoms. The molecule has 0 unspecified atom stereocenters. The molecule has 0 amide bonds. The van der Waals surface area contributed by atoms with Crippen molar-refractivity contribution in [1.82, 2.24) is 15.0 Å². The number of hydrogen-bond donors (Lipinski definition) is 2. The first-order valence-corrected chi connectivity index (χ1v) is 9.26. The normalized spacial score (nSPS) is 11.8. The number of aromatic nitrogens is 2. The topological polar surface area (TPSA) is 87.2 Å². The number of sulfonamides is 1. The zero-order valence-corrected chi connectivity index (χ0v) is 15.0. The highest BCUT2D eigenvalue weighted by Crippen LogP contribution is 2.20. The monoisotopic (exact) mass is 372 g/mol. The standard InChI is InChI=1S/C18H17FN4O2S/c1-12-3-8-17(9-13(12)2)26(24,25)23-21-11-15-10-20-22-18(15)14-4-6-16(19)7-5-14/h3-11,23H,1-2H3,(H,20,22). The Hall–Kier alpha value is -3.00. The van der Waals surface area contributed by atoms with Crippen LogP contribution in [0.5, 0.6) is 0 Å². The van der Waals surface area contributed by atoms with Gasteiger partial charge in [-0.2, -0.15) is 18.6 Å². The van der Waals surface area contributed by atoms with Gasteiger partial charge in [-0.1, -0.05) is 6.07 Å². The Bertz CT molecular complexity index is 1060. The van der Waals surface area contributed by atoms with E-state index in [0.717, 1.165) is 11.1 Å². The van der Waals surface area contributed by atoms with Crippen LogP contribution in [0.3, 0.4) is 0 Å². The number of H-pyrrole nitrogens is 1. The number of rotatable bonds is 5. The Balaban J connectivity index is 1.80. The van der Waals surface area contributed by atoms with Gasteiger partial charge < -0.3 is 0 Å². The summed E-state index contributed by atoms with van der Waals surface area (Å²) in [5, 5.41) is 10.5. The van der Waals surface area contributed by atoms with Gasteiger partial charge in [0, 0.05) is 11.1 Å². The lowest BCUT2D eigenvalue weighted by molar-refractivity contribution is 0.584. The summed E-state index contributed by atoms with van der Waals surface area (Å²) < 4.78 is 37.7. The largest absolute Gasteiger partial charge is 0.277 e. The molecule has 0 aliphatic heterocycles. The van der Waals surface area contributed by atoms with E-state index in [-0.39, 0.29) is 10.7 Å². The molecule has 0 saturated carbocycles. The molecule has 8 heteroatoms. The van der Waals surface area contributed by atoms with Crippen LogP contribution < -0.4 is 4.83 Å². The van der Waals surface area contributed by atoms with Crippen LogP contribution in [0, 0.1) is 19.7 Å². The van der Waals surface area contributed by atoms with Gasteiger partial charge in [0.1, 0.15) is 5.82 Å². The lowest BCUT2D eigenvalue weighted by Gasteiger charge is -2.06. The third-order valence-corrected chi connectivity index (χ3v) is 5.19. The molecule has 1 heterocycles. The number of halogens is 1. The van der Waals surface area contributed by atoms with E-state index < -0.39 is 10.0 Å². The number of nitrogens with one attached hydrogen (secondary N) is 2. The third-order valence-electron chi connectivity index (χ3n) is 3.97. The molecule has 0 bridgehead atoms. The van der Waals surface area contributed by atoms with Crippen LogP contribution in [0.2, 0.25) is 0 Å². The molecule has 3 rings (SSSR count). The summed E-state index contributed by atoms with van der Waals surface area (Å²) >= 11 is 0. The highest BCUT2D eigenvalue weighted by atomic mass is 32.2. The highest BCUT2D eigenvalue weighted by molar-refractivity contribution is 7.89. The molecular weight excluding hydrogens is 355 g/mol. The maximum atomic E-state index is 13.0. The first kappa shape index (κ1) is 17.8. The zero-order valence-electron chi connectivity index (χ0n) is 14.2. The Morgan fingerprint density at radius 2 is 1.85 bits per heavy atom. The number of hydrogen-bond acceptors (Lipinski definition) is 4. The number of nitrogens with zero attached hydrogens (tertiary/aromatic N) is 2. The molecule has 0 fully saturated rings. The summed E-state index contributed by atoms with van der Waals surface area (Å²) in [5.74, 6) is -0.343. The van der Waals surface area contributed by atoms with Gasteiger partial charge in [-0.05, 0) is 61.4 Å². The summed E-state index contributed by atoms with van der Waals surface area (Å²) in [6.45, 7) is 3.76. The molecule has 2 aromatic carbocycles. The molecule has 0 saturated heterocycles. The second-order valence-corrected chi connectivity index (χ2v) is 7.47. The van der Waals surface area contributed by atoms with Crippen molar-refractivity contribution in [3.8, 4) is 11.3 Å². The molecular formula is C18H17FN4O2S. The van der Waals surface area contributed by atoms with Crippen molar-refractivity contribution in [2.75, 3.05) is 0 Å². The van der Waals surface area contributed by atoms with Gasteiger partial charge >= 0.3 is 0 Å². The predicted octanol–water partition coefficient (Wildman–Crippen LogP) is 3.15. The lowest BCUT2D eigenvalue weighted by atomic mass is 10.1. The zero-order chi connectivity index (χ0) is 18.7. The fraction of sp³-hybridized carbons (Fsp3) is 0.111. The van der Waals surface area contributed by atoms with Crippen molar-refractivity contribution < 1.29 is 12.8 Å². The minimum absolute atomic E-state index is 0.142. The van der Waals surface area contributed by atoms with E-state index in [4.69, 9.17) is 0 Å². The van der Waals surface area contributed by atoms with Crippen molar-refractivity contribution in [3.63, 3.8) is 0 Å². The van der Waals surface area contributed by atoms with Crippen molar-refractivity contribution in [2.24, 2.45) is 5.10 Å². The quantitative estimate of drug-likeness (QED) is 0.533. The molecule has 1 aromatic heterocycles. The predicted molar refractivity (Wildman–Crippen MR) is 97.8 cm³/mol. The summed E-state index contributed by atoms with van der Waals surface area (Å²) in [4.78, 5) is 2.33. The van der Waals surface area contributed by atoms with E-state index in [0.29, 0.717) is 16.8 Å². The van der Waals surface area contributed by atoms with Gasteiger partial charge in [-0.3, -0.25) is 5.10 Å². The van der Waals surface area contributed by atoms with E-state index in [1.165, 1.54) is 30.6 Å². The molecule has 6 nitrogen and oxygen atoms in total. The third kappa shape index (κ3) is 3.80. The van der Waals surface area contributed by atoms with Crippen molar-refractivity contribution in [3.05, 3.63) is 71.2 Å². The highest BCUT2D eigenvalue weighted by Gasteiger charge is 2.13. The summed E-state index contributed by atoms with van der Waals surface area (Å²) in [6, 6.07) is 10.7. The molecule has 26 heavy (non-hydrogen) atoms. The van der Waals surface area contributed by atoms with E-state index >= 15 is 0 Å². The van der Waals surface area contributed by atoms with Gasteiger partial charge in [0.05, 0.1) is 23.0 Å². The lowest BCUT2D eigenvalue weighted by Crippen LogP contribution is -2.18.